The fourth-order valence-electron chi connectivity index (χ4n) is 8.28. The molecule has 2 aromatic heterocycles. The standard InChI is InChI=1S/C40H55N7O6S/c1-52-30-12-13-33-32(26-30)31(16-20-42-33)40(49)36-25-28-17-22-46(36)27-29(28)18-23-54-24-21-43-37(48)11-9-7-5-3-2-4-6-8-10-19-41-34-14-15-35(47(50)51)39-38(34)44-53-45-39/h12-16,20,26,28-29,36,40-41,49H,2-11,17-19,21-25,27H2,1H3,(H,43,48)/t28-,29-,36+,40-/m0/s1. The number of amides is 1. The summed E-state index contributed by atoms with van der Waals surface area (Å²) in [5.41, 5.74) is 2.97. The number of aromatic nitrogens is 3. The average Bonchev–Trinajstić information content (AvgIpc) is 3.69. The van der Waals surface area contributed by atoms with E-state index < -0.39 is 11.0 Å². The molecule has 1 unspecified atom stereocenters. The van der Waals surface area contributed by atoms with E-state index in [1.807, 2.05) is 36.0 Å². The predicted molar refractivity (Wildman–Crippen MR) is 213 cm³/mol. The molecule has 3 saturated heterocycles. The maximum absolute atomic E-state index is 12.3. The number of benzene rings is 2. The molecule has 14 heteroatoms. The Morgan fingerprint density at radius 3 is 2.57 bits per heavy atom. The first-order valence-corrected chi connectivity index (χ1v) is 20.9. The number of fused-ring (bicyclic) bond motifs is 5. The lowest BCUT2D eigenvalue weighted by Crippen LogP contribution is -2.55. The van der Waals surface area contributed by atoms with Gasteiger partial charge in [0, 0.05) is 55.5 Å². The molecule has 5 heterocycles. The van der Waals surface area contributed by atoms with E-state index in [1.54, 1.807) is 19.4 Å². The monoisotopic (exact) mass is 761 g/mol. The zero-order valence-electron chi connectivity index (χ0n) is 31.4. The van der Waals surface area contributed by atoms with Crippen molar-refractivity contribution < 1.29 is 24.2 Å². The first-order chi connectivity index (χ1) is 26.4. The number of pyridine rings is 1. The van der Waals surface area contributed by atoms with Gasteiger partial charge in [0.05, 0.1) is 29.3 Å². The number of nitro benzene ring substituents is 1. The van der Waals surface area contributed by atoms with E-state index in [4.69, 9.17) is 9.37 Å². The molecule has 4 aromatic rings. The van der Waals surface area contributed by atoms with Crippen LogP contribution in [0.15, 0.2) is 47.2 Å². The molecule has 2 aromatic carbocycles. The van der Waals surface area contributed by atoms with Crippen molar-refractivity contribution in [3.63, 3.8) is 0 Å². The van der Waals surface area contributed by atoms with Gasteiger partial charge in [-0.3, -0.25) is 24.8 Å². The van der Waals surface area contributed by atoms with Gasteiger partial charge in [-0.05, 0) is 102 Å². The first-order valence-electron chi connectivity index (χ1n) is 19.8. The number of hydrogen-bond donors (Lipinski definition) is 3. The summed E-state index contributed by atoms with van der Waals surface area (Å²) < 4.78 is 10.2. The lowest BCUT2D eigenvalue weighted by atomic mass is 9.72. The minimum atomic E-state index is -0.549. The SMILES string of the molecule is COc1ccc2nccc([C@H](O)[C@H]3C[C@@H]4CCN3C[C@@H]4CCSCCNC(=O)CCCCCCCCCCCNc3ccc([N+](=O)[O-])c4nonc34)c2c1. The van der Waals surface area contributed by atoms with Gasteiger partial charge in [-0.1, -0.05) is 44.9 Å². The molecule has 0 aliphatic carbocycles. The van der Waals surface area contributed by atoms with Crippen LogP contribution in [-0.4, -0.2) is 87.0 Å². The Labute approximate surface area is 321 Å². The Bertz CT molecular complexity index is 1820. The van der Waals surface area contributed by atoms with Gasteiger partial charge in [0.1, 0.15) is 5.75 Å². The van der Waals surface area contributed by atoms with E-state index in [0.717, 1.165) is 92.0 Å². The number of hydrogen-bond acceptors (Lipinski definition) is 12. The van der Waals surface area contributed by atoms with Crippen LogP contribution in [0.5, 0.6) is 5.75 Å². The van der Waals surface area contributed by atoms with Crippen molar-refractivity contribution in [2.24, 2.45) is 11.8 Å². The number of aliphatic hydroxyl groups excluding tert-OH is 1. The molecule has 292 valence electrons. The number of rotatable bonds is 23. The van der Waals surface area contributed by atoms with Gasteiger partial charge >= 0.3 is 5.69 Å². The van der Waals surface area contributed by atoms with Gasteiger partial charge in [0.2, 0.25) is 11.4 Å². The highest BCUT2D eigenvalue weighted by Gasteiger charge is 2.43. The van der Waals surface area contributed by atoms with Crippen LogP contribution in [0.3, 0.4) is 0 Å². The molecule has 0 radical (unpaired) electrons. The van der Waals surface area contributed by atoms with Crippen LogP contribution in [0.2, 0.25) is 0 Å². The summed E-state index contributed by atoms with van der Waals surface area (Å²) in [7, 11) is 1.66. The molecule has 13 nitrogen and oxygen atoms in total. The van der Waals surface area contributed by atoms with Crippen LogP contribution in [-0.2, 0) is 4.79 Å². The van der Waals surface area contributed by atoms with Crippen LogP contribution in [0, 0.1) is 22.0 Å². The molecule has 54 heavy (non-hydrogen) atoms. The first kappa shape index (κ1) is 39.7. The minimum Gasteiger partial charge on any atom is -0.497 e. The quantitative estimate of drug-likeness (QED) is 0.0384. The van der Waals surface area contributed by atoms with Crippen LogP contribution in [0.25, 0.3) is 21.9 Å². The summed E-state index contributed by atoms with van der Waals surface area (Å²) >= 11 is 1.94. The number of aliphatic hydroxyl groups is 1. The van der Waals surface area contributed by atoms with Crippen molar-refractivity contribution in [1.29, 1.82) is 0 Å². The van der Waals surface area contributed by atoms with Crippen molar-refractivity contribution >= 4 is 51.0 Å². The van der Waals surface area contributed by atoms with Crippen molar-refractivity contribution in [3.8, 4) is 5.75 Å². The fraction of sp³-hybridized carbons (Fsp3) is 0.600. The number of anilines is 1. The Morgan fingerprint density at radius 2 is 1.81 bits per heavy atom. The third kappa shape index (κ3) is 10.4. The van der Waals surface area contributed by atoms with Crippen LogP contribution in [0.4, 0.5) is 11.4 Å². The maximum atomic E-state index is 12.3. The Kier molecular flexibility index (Phi) is 14.7. The molecule has 7 rings (SSSR count). The molecule has 2 bridgehead atoms. The van der Waals surface area contributed by atoms with Gasteiger partial charge in [0.15, 0.2) is 5.52 Å². The maximum Gasteiger partial charge on any atom is 0.300 e. The predicted octanol–water partition coefficient (Wildman–Crippen LogP) is 7.68. The lowest BCUT2D eigenvalue weighted by Gasteiger charge is -2.51. The number of nitrogens with zero attached hydrogens (tertiary/aromatic N) is 5. The summed E-state index contributed by atoms with van der Waals surface area (Å²) in [6, 6.07) is 11.0. The second-order valence-corrected chi connectivity index (χ2v) is 16.0. The van der Waals surface area contributed by atoms with E-state index in [0.29, 0.717) is 29.5 Å². The highest BCUT2D eigenvalue weighted by Crippen LogP contribution is 2.43. The molecule has 5 atom stereocenters. The number of unbranched alkanes of at least 4 members (excludes halogenated alkanes) is 8. The number of piperidine rings is 3. The average molecular weight is 762 g/mol. The molecule has 1 amide bonds. The van der Waals surface area contributed by atoms with Gasteiger partial charge in [-0.15, -0.1) is 0 Å². The number of carbonyl (C=O) groups excluding carboxylic acids is 1. The Balaban J connectivity index is 0.747. The molecule has 3 aliphatic rings. The molecule has 3 N–H and O–H groups in total. The van der Waals surface area contributed by atoms with Gasteiger partial charge < -0.3 is 20.5 Å². The largest absolute Gasteiger partial charge is 0.497 e. The number of non-ortho nitro benzene ring substituents is 1. The van der Waals surface area contributed by atoms with Gasteiger partial charge in [0.25, 0.3) is 0 Å². The van der Waals surface area contributed by atoms with E-state index in [2.05, 4.69) is 30.8 Å². The van der Waals surface area contributed by atoms with Crippen molar-refractivity contribution in [2.45, 2.75) is 95.6 Å². The van der Waals surface area contributed by atoms with Crippen LogP contribution in [0.1, 0.15) is 95.1 Å². The molecule has 3 fully saturated rings. The molecular formula is C40H55N7O6S. The topological polar surface area (TPSA) is 169 Å². The van der Waals surface area contributed by atoms with Crippen LogP contribution < -0.4 is 15.4 Å². The second-order valence-electron chi connectivity index (χ2n) is 14.8. The molecule has 0 spiro atoms. The second kappa shape index (κ2) is 20.1. The summed E-state index contributed by atoms with van der Waals surface area (Å²) in [5.74, 6) is 4.32. The molecule has 0 saturated carbocycles. The lowest BCUT2D eigenvalue weighted by molar-refractivity contribution is -0.383. The van der Waals surface area contributed by atoms with Crippen molar-refractivity contribution in [2.75, 3.05) is 50.1 Å². The minimum absolute atomic E-state index is 0.107. The zero-order chi connectivity index (χ0) is 37.7. The number of carbonyl (C=O) groups is 1. The van der Waals surface area contributed by atoms with E-state index in [-0.39, 0.29) is 23.2 Å². The number of ether oxygens (including phenoxy) is 1. The van der Waals surface area contributed by atoms with E-state index in [1.165, 1.54) is 51.0 Å². The molecular weight excluding hydrogens is 707 g/mol. The highest BCUT2D eigenvalue weighted by molar-refractivity contribution is 7.99. The third-order valence-electron chi connectivity index (χ3n) is 11.3. The normalized spacial score (nSPS) is 20.0. The van der Waals surface area contributed by atoms with Crippen molar-refractivity contribution in [3.05, 3.63) is 58.3 Å². The number of nitro groups is 1. The summed E-state index contributed by atoms with van der Waals surface area (Å²) in [6.45, 7) is 3.59. The Hall–Kier alpha value is -4.01. The van der Waals surface area contributed by atoms with Crippen LogP contribution >= 0.6 is 11.8 Å². The summed E-state index contributed by atoms with van der Waals surface area (Å²) in [4.78, 5) is 30.0. The van der Waals surface area contributed by atoms with Gasteiger partial charge in [-0.2, -0.15) is 11.8 Å². The molecule has 3 aliphatic heterocycles. The zero-order valence-corrected chi connectivity index (χ0v) is 32.2. The van der Waals surface area contributed by atoms with E-state index >= 15 is 0 Å². The summed E-state index contributed by atoms with van der Waals surface area (Å²) in [6.07, 6.45) is 15.4. The fourth-order valence-corrected chi connectivity index (χ4v) is 9.20. The smallest absolute Gasteiger partial charge is 0.300 e. The van der Waals surface area contributed by atoms with Crippen molar-refractivity contribution in [1.82, 2.24) is 25.5 Å². The Morgan fingerprint density at radius 1 is 1.04 bits per heavy atom. The number of thioether (sulfide) groups is 1. The van der Waals surface area contributed by atoms with E-state index in [9.17, 15) is 20.0 Å². The number of nitrogens with one attached hydrogen (secondary N) is 2. The van der Waals surface area contributed by atoms with Gasteiger partial charge in [-0.25, -0.2) is 4.63 Å². The number of methoxy groups -OCH3 is 1. The highest BCUT2D eigenvalue weighted by atomic mass is 32.2. The third-order valence-corrected chi connectivity index (χ3v) is 12.3. The summed E-state index contributed by atoms with van der Waals surface area (Å²) in [5, 5.41) is 37.6.